The summed E-state index contributed by atoms with van der Waals surface area (Å²) in [5.74, 6) is 5.51. The first kappa shape index (κ1) is 11.2. The van der Waals surface area contributed by atoms with E-state index in [0.717, 1.165) is 24.2 Å². The maximum absolute atomic E-state index is 5.51. The van der Waals surface area contributed by atoms with Crippen molar-refractivity contribution >= 4 is 11.7 Å². The Morgan fingerprint density at radius 2 is 2.44 bits per heavy atom. The number of aryl methyl sites for hydroxylation is 1. The Hall–Kier alpha value is -1.31. The highest BCUT2D eigenvalue weighted by Gasteiger charge is 2.14. The molecule has 1 unspecified atom stereocenters. The van der Waals surface area contributed by atoms with Crippen molar-refractivity contribution in [2.45, 2.75) is 25.9 Å². The minimum Gasteiger partial charge on any atom is -0.273 e. The van der Waals surface area contributed by atoms with Gasteiger partial charge < -0.3 is 0 Å². The van der Waals surface area contributed by atoms with Gasteiger partial charge in [0, 0.05) is 12.7 Å². The van der Waals surface area contributed by atoms with E-state index in [9.17, 15) is 0 Å². The van der Waals surface area contributed by atoms with Crippen LogP contribution in [0.15, 0.2) is 18.6 Å². The molecule has 0 bridgehead atoms. The molecule has 2 aromatic heterocycles. The molecule has 0 aliphatic heterocycles. The zero-order valence-corrected chi connectivity index (χ0v) is 9.81. The van der Waals surface area contributed by atoms with E-state index in [2.05, 4.69) is 26.2 Å². The van der Waals surface area contributed by atoms with Crippen molar-refractivity contribution in [2.75, 3.05) is 0 Å². The average Bonchev–Trinajstić information content (AvgIpc) is 2.96. The molecule has 2 aromatic rings. The van der Waals surface area contributed by atoms with Crippen LogP contribution < -0.4 is 11.3 Å². The number of hydrazine groups is 1. The molecule has 0 aromatic carbocycles. The second kappa shape index (κ2) is 5.15. The maximum atomic E-state index is 5.51. The predicted molar refractivity (Wildman–Crippen MR) is 61.6 cm³/mol. The fourth-order valence-electron chi connectivity index (χ4n) is 1.49. The molecule has 6 nitrogen and oxygen atoms in total. The van der Waals surface area contributed by atoms with Crippen molar-refractivity contribution in [3.8, 4) is 0 Å². The summed E-state index contributed by atoms with van der Waals surface area (Å²) in [6, 6.07) is -0.00624. The normalized spacial score (nSPS) is 12.9. The van der Waals surface area contributed by atoms with Crippen molar-refractivity contribution in [3.05, 3.63) is 29.8 Å². The van der Waals surface area contributed by atoms with Crippen LogP contribution in [0.4, 0.5) is 0 Å². The lowest BCUT2D eigenvalue weighted by molar-refractivity contribution is 0.541. The van der Waals surface area contributed by atoms with E-state index in [1.165, 1.54) is 11.7 Å². The highest BCUT2D eigenvalue weighted by molar-refractivity contribution is 6.99. The van der Waals surface area contributed by atoms with Gasteiger partial charge in [-0.15, -0.1) is 0 Å². The third-order valence-corrected chi connectivity index (χ3v) is 2.88. The van der Waals surface area contributed by atoms with Crippen molar-refractivity contribution in [1.82, 2.24) is 24.0 Å². The van der Waals surface area contributed by atoms with Crippen LogP contribution in [0.25, 0.3) is 0 Å². The standard InChI is InChI=1S/C9H14N6S/c1-2-15-6-7(4-11-15)3-8(13-10)9-5-12-16-14-9/h4-6,8,13H,2-3,10H2,1H3. The number of nitrogens with one attached hydrogen (secondary N) is 1. The molecule has 2 heterocycles. The molecule has 86 valence electrons. The van der Waals surface area contributed by atoms with Gasteiger partial charge in [-0.3, -0.25) is 16.0 Å². The quantitative estimate of drug-likeness (QED) is 0.585. The van der Waals surface area contributed by atoms with Crippen LogP contribution in [-0.4, -0.2) is 18.5 Å². The lowest BCUT2D eigenvalue weighted by Gasteiger charge is -2.10. The van der Waals surface area contributed by atoms with Crippen LogP contribution >= 0.6 is 11.7 Å². The minimum atomic E-state index is -0.00624. The summed E-state index contributed by atoms with van der Waals surface area (Å²) < 4.78 is 10.0. The summed E-state index contributed by atoms with van der Waals surface area (Å²) in [7, 11) is 0. The third-order valence-electron chi connectivity index (χ3n) is 2.39. The van der Waals surface area contributed by atoms with Crippen molar-refractivity contribution in [3.63, 3.8) is 0 Å². The Morgan fingerprint density at radius 3 is 3.00 bits per heavy atom. The van der Waals surface area contributed by atoms with Crippen LogP contribution in [0.3, 0.4) is 0 Å². The lowest BCUT2D eigenvalue weighted by Crippen LogP contribution is -2.29. The van der Waals surface area contributed by atoms with Gasteiger partial charge in [-0.1, -0.05) is 0 Å². The second-order valence-electron chi connectivity index (χ2n) is 3.46. The van der Waals surface area contributed by atoms with Gasteiger partial charge >= 0.3 is 0 Å². The first-order chi connectivity index (χ1) is 7.83. The smallest absolute Gasteiger partial charge is 0.0929 e. The number of rotatable bonds is 5. The van der Waals surface area contributed by atoms with E-state index in [0.29, 0.717) is 0 Å². The summed E-state index contributed by atoms with van der Waals surface area (Å²) in [6.45, 7) is 2.93. The predicted octanol–water partition coefficient (Wildman–Crippen LogP) is 0.502. The Kier molecular flexibility index (Phi) is 3.60. The Balaban J connectivity index is 2.07. The third kappa shape index (κ3) is 2.43. The van der Waals surface area contributed by atoms with E-state index in [1.54, 1.807) is 6.20 Å². The van der Waals surface area contributed by atoms with Gasteiger partial charge in [-0.2, -0.15) is 13.8 Å². The number of nitrogens with zero attached hydrogens (tertiary/aromatic N) is 4. The van der Waals surface area contributed by atoms with E-state index in [4.69, 9.17) is 5.84 Å². The fraction of sp³-hybridized carbons (Fsp3) is 0.444. The Morgan fingerprint density at radius 1 is 1.56 bits per heavy atom. The van der Waals surface area contributed by atoms with Crippen LogP contribution in [-0.2, 0) is 13.0 Å². The summed E-state index contributed by atoms with van der Waals surface area (Å²) in [6.07, 6.45) is 6.37. The molecule has 16 heavy (non-hydrogen) atoms. The minimum absolute atomic E-state index is 0.00624. The molecular weight excluding hydrogens is 224 g/mol. The first-order valence-electron chi connectivity index (χ1n) is 5.08. The SMILES string of the molecule is CCn1cc(CC(NN)c2cnsn2)cn1. The van der Waals surface area contributed by atoms with Crippen LogP contribution in [0.2, 0.25) is 0 Å². The van der Waals surface area contributed by atoms with Crippen LogP contribution in [0.5, 0.6) is 0 Å². The average molecular weight is 238 g/mol. The summed E-state index contributed by atoms with van der Waals surface area (Å²) in [5.41, 5.74) is 4.76. The van der Waals surface area contributed by atoms with Gasteiger partial charge in [0.15, 0.2) is 0 Å². The molecule has 0 saturated carbocycles. The molecule has 1 atom stereocenters. The summed E-state index contributed by atoms with van der Waals surface area (Å²) in [5, 5.41) is 4.22. The number of nitrogens with two attached hydrogens (primary N) is 1. The van der Waals surface area contributed by atoms with Crippen molar-refractivity contribution < 1.29 is 0 Å². The molecule has 0 spiro atoms. The van der Waals surface area contributed by atoms with E-state index in [-0.39, 0.29) is 6.04 Å². The highest BCUT2D eigenvalue weighted by Crippen LogP contribution is 2.15. The second-order valence-corrected chi connectivity index (χ2v) is 4.02. The lowest BCUT2D eigenvalue weighted by atomic mass is 10.1. The zero-order valence-electron chi connectivity index (χ0n) is 9.00. The molecule has 7 heteroatoms. The monoisotopic (exact) mass is 238 g/mol. The molecule has 0 aliphatic carbocycles. The molecule has 0 fully saturated rings. The molecule has 0 aliphatic rings. The van der Waals surface area contributed by atoms with Gasteiger partial charge in [-0.25, -0.2) is 0 Å². The van der Waals surface area contributed by atoms with Crippen molar-refractivity contribution in [2.24, 2.45) is 5.84 Å². The van der Waals surface area contributed by atoms with Crippen molar-refractivity contribution in [1.29, 1.82) is 0 Å². The molecule has 0 amide bonds. The molecule has 0 radical (unpaired) electrons. The van der Waals surface area contributed by atoms with E-state index in [1.807, 2.05) is 17.1 Å². The topological polar surface area (TPSA) is 81.7 Å². The highest BCUT2D eigenvalue weighted by atomic mass is 32.1. The Labute approximate surface area is 97.8 Å². The van der Waals surface area contributed by atoms with Gasteiger partial charge in [0.05, 0.1) is 35.9 Å². The number of hydrogen-bond acceptors (Lipinski definition) is 6. The maximum Gasteiger partial charge on any atom is 0.0929 e. The number of hydrogen-bond donors (Lipinski definition) is 2. The Bertz CT molecular complexity index is 423. The summed E-state index contributed by atoms with van der Waals surface area (Å²) >= 11 is 1.19. The molecule has 2 rings (SSSR count). The first-order valence-corrected chi connectivity index (χ1v) is 5.81. The van der Waals surface area contributed by atoms with Crippen LogP contribution in [0, 0.1) is 0 Å². The van der Waals surface area contributed by atoms with E-state index >= 15 is 0 Å². The van der Waals surface area contributed by atoms with E-state index < -0.39 is 0 Å². The largest absolute Gasteiger partial charge is 0.273 e. The molecular formula is C9H14N6S. The molecule has 0 saturated heterocycles. The van der Waals surface area contributed by atoms with Gasteiger partial charge in [0.2, 0.25) is 0 Å². The van der Waals surface area contributed by atoms with Gasteiger partial charge in [0.1, 0.15) is 0 Å². The zero-order chi connectivity index (χ0) is 11.4. The van der Waals surface area contributed by atoms with Gasteiger partial charge in [0.25, 0.3) is 0 Å². The van der Waals surface area contributed by atoms with Gasteiger partial charge in [-0.05, 0) is 18.9 Å². The molecule has 3 N–H and O–H groups in total. The van der Waals surface area contributed by atoms with Crippen LogP contribution in [0.1, 0.15) is 24.2 Å². The fourth-order valence-corrected chi connectivity index (χ4v) is 1.97. The number of aromatic nitrogens is 4. The summed E-state index contributed by atoms with van der Waals surface area (Å²) in [4.78, 5) is 0.